The number of carboxylic acids is 2. The zero-order chi connectivity index (χ0) is 32.3. The highest BCUT2D eigenvalue weighted by atomic mass is 16.4. The lowest BCUT2D eigenvalue weighted by molar-refractivity contribution is -0.143. The van der Waals surface area contributed by atoms with Gasteiger partial charge in [-0.15, -0.1) is 0 Å². The number of nitrogens with one attached hydrogen (secondary N) is 5. The minimum Gasteiger partial charge on any atom is -0.481 e. The first-order valence-corrected chi connectivity index (χ1v) is 14.3. The fraction of sp³-hybridized carbons (Fsp3) is 0.290. The fourth-order valence-electron chi connectivity index (χ4n) is 4.87. The number of aromatic nitrogens is 3. The molecule has 2 heterocycles. The molecule has 14 heteroatoms. The van der Waals surface area contributed by atoms with Gasteiger partial charge in [-0.2, -0.15) is 0 Å². The highest BCUT2D eigenvalue weighted by Gasteiger charge is 2.31. The van der Waals surface area contributed by atoms with Gasteiger partial charge in [0, 0.05) is 48.3 Å². The van der Waals surface area contributed by atoms with Gasteiger partial charge in [0.1, 0.15) is 18.1 Å². The van der Waals surface area contributed by atoms with Crippen LogP contribution < -0.4 is 21.7 Å². The second kappa shape index (κ2) is 15.3. The van der Waals surface area contributed by atoms with Crippen LogP contribution in [0, 0.1) is 0 Å². The van der Waals surface area contributed by atoms with E-state index in [1.807, 2.05) is 24.3 Å². The van der Waals surface area contributed by atoms with Crippen molar-refractivity contribution in [3.8, 4) is 0 Å². The first-order valence-electron chi connectivity index (χ1n) is 14.3. The summed E-state index contributed by atoms with van der Waals surface area (Å²) in [5, 5.41) is 27.4. The van der Waals surface area contributed by atoms with E-state index < -0.39 is 60.2 Å². The van der Waals surface area contributed by atoms with Crippen LogP contribution in [-0.2, 0) is 43.2 Å². The predicted octanol–water partition coefficient (Wildman–Crippen LogP) is 0.650. The van der Waals surface area contributed by atoms with E-state index in [2.05, 4.69) is 30.9 Å². The average molecular weight is 618 g/mol. The number of hydrogen-bond acceptors (Lipinski definition) is 7. The standard InChI is InChI=1S/C31H35N7O7/c32-22(13-19-15-34-23-9-5-4-8-21(19)23)28(41)37-25(12-18-6-2-1-3-7-18)30(43)36-24(10-11-27(39)40)29(42)38-26(31(44)45)14-20-16-33-17-35-20/h1-9,15-17,22,24-26,34H,10-14,32H2,(H,33,35)(H,36,43)(H,37,41)(H,38,42)(H,39,40)(H,44,45). The van der Waals surface area contributed by atoms with Crippen molar-refractivity contribution >= 4 is 40.6 Å². The summed E-state index contributed by atoms with van der Waals surface area (Å²) in [6.45, 7) is 0. The molecule has 45 heavy (non-hydrogen) atoms. The van der Waals surface area contributed by atoms with Crippen LogP contribution in [0.3, 0.4) is 0 Å². The summed E-state index contributed by atoms with van der Waals surface area (Å²) in [4.78, 5) is 73.0. The topological polar surface area (TPSA) is 232 Å². The molecule has 0 saturated carbocycles. The smallest absolute Gasteiger partial charge is 0.326 e. The molecule has 0 saturated heterocycles. The monoisotopic (exact) mass is 617 g/mol. The highest BCUT2D eigenvalue weighted by Crippen LogP contribution is 2.19. The number of carbonyl (C=O) groups excluding carboxylic acids is 3. The molecule has 0 bridgehead atoms. The number of nitrogens with zero attached hydrogens (tertiary/aromatic N) is 1. The van der Waals surface area contributed by atoms with Gasteiger partial charge < -0.3 is 41.9 Å². The van der Waals surface area contributed by atoms with E-state index in [0.717, 1.165) is 16.5 Å². The normalized spacial score (nSPS) is 13.7. The Bertz CT molecular complexity index is 1620. The van der Waals surface area contributed by atoms with Gasteiger partial charge in [0.15, 0.2) is 0 Å². The van der Waals surface area contributed by atoms with Crippen molar-refractivity contribution in [3.05, 3.63) is 90.1 Å². The minimum atomic E-state index is -1.41. The summed E-state index contributed by atoms with van der Waals surface area (Å²) in [6.07, 6.45) is 3.84. The first kappa shape index (κ1) is 32.4. The zero-order valence-corrected chi connectivity index (χ0v) is 24.2. The summed E-state index contributed by atoms with van der Waals surface area (Å²) in [7, 11) is 0. The molecule has 4 atom stereocenters. The summed E-state index contributed by atoms with van der Waals surface area (Å²) in [6, 6.07) is 11.4. The number of benzene rings is 2. The Kier molecular flexibility index (Phi) is 11.0. The van der Waals surface area contributed by atoms with E-state index in [0.29, 0.717) is 11.3 Å². The number of nitrogens with two attached hydrogens (primary N) is 1. The van der Waals surface area contributed by atoms with Crippen molar-refractivity contribution in [2.45, 2.75) is 56.3 Å². The number of imidazole rings is 1. The van der Waals surface area contributed by atoms with E-state index in [4.69, 9.17) is 5.73 Å². The Balaban J connectivity index is 1.49. The van der Waals surface area contributed by atoms with Crippen molar-refractivity contribution in [2.24, 2.45) is 5.73 Å². The van der Waals surface area contributed by atoms with E-state index in [9.17, 15) is 34.2 Å². The molecule has 0 aliphatic carbocycles. The number of carboxylic acid groups (broad SMARTS) is 2. The molecule has 0 aliphatic heterocycles. The van der Waals surface area contributed by atoms with Gasteiger partial charge in [-0.1, -0.05) is 48.5 Å². The molecule has 14 nitrogen and oxygen atoms in total. The SMILES string of the molecule is NC(Cc1c[nH]c2ccccc12)C(=O)NC(Cc1ccccc1)C(=O)NC(CCC(=O)O)C(=O)NC(Cc1cnc[nH]1)C(=O)O. The van der Waals surface area contributed by atoms with E-state index in [1.54, 1.807) is 36.5 Å². The van der Waals surface area contributed by atoms with Crippen molar-refractivity contribution in [1.82, 2.24) is 30.9 Å². The Morgan fingerprint density at radius 1 is 0.778 bits per heavy atom. The van der Waals surface area contributed by atoms with Gasteiger partial charge in [0.25, 0.3) is 0 Å². The van der Waals surface area contributed by atoms with Crippen LogP contribution in [0.25, 0.3) is 10.9 Å². The third-order valence-corrected chi connectivity index (χ3v) is 7.24. The predicted molar refractivity (Wildman–Crippen MR) is 163 cm³/mol. The molecule has 2 aromatic carbocycles. The lowest BCUT2D eigenvalue weighted by Gasteiger charge is -2.25. The number of aromatic amines is 2. The van der Waals surface area contributed by atoms with Gasteiger partial charge in [0.05, 0.1) is 12.4 Å². The molecule has 3 amide bonds. The number of hydrogen-bond donors (Lipinski definition) is 8. The molecule has 9 N–H and O–H groups in total. The summed E-state index contributed by atoms with van der Waals surface area (Å²) in [5.74, 6) is -4.81. The van der Waals surface area contributed by atoms with Crippen molar-refractivity contribution < 1.29 is 34.2 Å². The number of amides is 3. The number of rotatable bonds is 16. The average Bonchev–Trinajstić information content (AvgIpc) is 3.69. The maximum Gasteiger partial charge on any atom is 0.326 e. The molecule has 4 unspecified atom stereocenters. The molecule has 4 rings (SSSR count). The van der Waals surface area contributed by atoms with Gasteiger partial charge in [-0.25, -0.2) is 9.78 Å². The first-order chi connectivity index (χ1) is 21.6. The zero-order valence-electron chi connectivity index (χ0n) is 24.2. The van der Waals surface area contributed by atoms with Crippen LogP contribution in [0.4, 0.5) is 0 Å². The maximum absolute atomic E-state index is 13.6. The Labute approximate surface area is 257 Å². The summed E-state index contributed by atoms with van der Waals surface area (Å²) >= 11 is 0. The van der Waals surface area contributed by atoms with E-state index in [1.165, 1.54) is 12.5 Å². The number of aliphatic carboxylic acids is 2. The quantitative estimate of drug-likeness (QED) is 0.0880. The molecule has 0 spiro atoms. The van der Waals surface area contributed by atoms with Crippen molar-refractivity contribution in [3.63, 3.8) is 0 Å². The highest BCUT2D eigenvalue weighted by molar-refractivity contribution is 5.94. The van der Waals surface area contributed by atoms with Gasteiger partial charge in [-0.3, -0.25) is 19.2 Å². The summed E-state index contributed by atoms with van der Waals surface area (Å²) < 4.78 is 0. The van der Waals surface area contributed by atoms with E-state index >= 15 is 0 Å². The number of fused-ring (bicyclic) bond motifs is 1. The molecule has 236 valence electrons. The fourth-order valence-corrected chi connectivity index (χ4v) is 4.87. The molecular weight excluding hydrogens is 582 g/mol. The lowest BCUT2D eigenvalue weighted by atomic mass is 10.0. The van der Waals surface area contributed by atoms with Crippen molar-refractivity contribution in [1.29, 1.82) is 0 Å². The van der Waals surface area contributed by atoms with Gasteiger partial charge in [-0.05, 0) is 30.0 Å². The van der Waals surface area contributed by atoms with Crippen LogP contribution >= 0.6 is 0 Å². The number of carbonyl (C=O) groups is 5. The Morgan fingerprint density at radius 3 is 2.13 bits per heavy atom. The summed E-state index contributed by atoms with van der Waals surface area (Å²) in [5.41, 5.74) is 9.13. The van der Waals surface area contributed by atoms with Crippen LogP contribution in [0.2, 0.25) is 0 Å². The number of H-pyrrole nitrogens is 2. The van der Waals surface area contributed by atoms with E-state index in [-0.39, 0.29) is 25.7 Å². The molecule has 2 aromatic heterocycles. The molecule has 0 radical (unpaired) electrons. The van der Waals surface area contributed by atoms with Gasteiger partial charge in [0.2, 0.25) is 17.7 Å². The minimum absolute atomic E-state index is 0.0447. The second-order valence-corrected chi connectivity index (χ2v) is 10.6. The van der Waals surface area contributed by atoms with Crippen LogP contribution in [-0.4, -0.2) is 79.0 Å². The molecular formula is C31H35N7O7. The largest absolute Gasteiger partial charge is 0.481 e. The lowest BCUT2D eigenvalue weighted by Crippen LogP contribution is -2.58. The Hall–Kier alpha value is -5.50. The molecule has 4 aromatic rings. The molecule has 0 fully saturated rings. The second-order valence-electron chi connectivity index (χ2n) is 10.6. The third-order valence-electron chi connectivity index (χ3n) is 7.24. The van der Waals surface area contributed by atoms with Gasteiger partial charge >= 0.3 is 11.9 Å². The van der Waals surface area contributed by atoms with Crippen LogP contribution in [0.5, 0.6) is 0 Å². The maximum atomic E-state index is 13.6. The van der Waals surface area contributed by atoms with Crippen LogP contribution in [0.15, 0.2) is 73.3 Å². The molecule has 0 aliphatic rings. The number of para-hydroxylation sites is 1. The third kappa shape index (κ3) is 9.24. The van der Waals surface area contributed by atoms with Crippen LogP contribution in [0.1, 0.15) is 29.7 Å². The van der Waals surface area contributed by atoms with Crippen molar-refractivity contribution in [2.75, 3.05) is 0 Å². The Morgan fingerprint density at radius 2 is 1.44 bits per heavy atom.